The SMILES string of the molecule is COc1ccc(-c2csc(CCNC(=O)c3ccccc3)n2)cc1. The van der Waals surface area contributed by atoms with Crippen LogP contribution in [-0.4, -0.2) is 24.5 Å². The highest BCUT2D eigenvalue weighted by atomic mass is 32.1. The summed E-state index contributed by atoms with van der Waals surface area (Å²) in [5.74, 6) is 0.778. The van der Waals surface area contributed by atoms with Gasteiger partial charge in [0.05, 0.1) is 17.8 Å². The van der Waals surface area contributed by atoms with Crippen LogP contribution in [0.3, 0.4) is 0 Å². The van der Waals surface area contributed by atoms with Crippen LogP contribution in [0.25, 0.3) is 11.3 Å². The second-order valence-corrected chi connectivity index (χ2v) is 6.17. The average Bonchev–Trinajstić information content (AvgIpc) is 3.11. The number of thiazole rings is 1. The van der Waals surface area contributed by atoms with Gasteiger partial charge in [-0.3, -0.25) is 4.79 Å². The maximum Gasteiger partial charge on any atom is 0.251 e. The third kappa shape index (κ3) is 4.00. The number of ether oxygens (including phenoxy) is 1. The lowest BCUT2D eigenvalue weighted by atomic mass is 10.2. The molecular weight excluding hydrogens is 320 g/mol. The molecule has 0 spiro atoms. The molecule has 0 unspecified atom stereocenters. The van der Waals surface area contributed by atoms with Crippen molar-refractivity contribution in [3.63, 3.8) is 0 Å². The number of carbonyl (C=O) groups excluding carboxylic acids is 1. The van der Waals surface area contributed by atoms with Crippen LogP contribution in [0, 0.1) is 0 Å². The Morgan fingerprint density at radius 2 is 1.88 bits per heavy atom. The van der Waals surface area contributed by atoms with Crippen LogP contribution in [-0.2, 0) is 6.42 Å². The van der Waals surface area contributed by atoms with Crippen LogP contribution in [0.4, 0.5) is 0 Å². The van der Waals surface area contributed by atoms with Gasteiger partial charge in [0.2, 0.25) is 0 Å². The Balaban J connectivity index is 1.55. The Labute approximate surface area is 145 Å². The molecule has 0 aliphatic heterocycles. The summed E-state index contributed by atoms with van der Waals surface area (Å²) in [6.45, 7) is 0.573. The summed E-state index contributed by atoms with van der Waals surface area (Å²) < 4.78 is 5.16. The lowest BCUT2D eigenvalue weighted by molar-refractivity contribution is 0.0954. The van der Waals surface area contributed by atoms with Gasteiger partial charge in [-0.1, -0.05) is 18.2 Å². The zero-order chi connectivity index (χ0) is 16.8. The van der Waals surface area contributed by atoms with E-state index in [-0.39, 0.29) is 5.91 Å². The number of carbonyl (C=O) groups is 1. The summed E-state index contributed by atoms with van der Waals surface area (Å²) >= 11 is 1.61. The van der Waals surface area contributed by atoms with Crippen molar-refractivity contribution in [3.8, 4) is 17.0 Å². The fraction of sp³-hybridized carbons (Fsp3) is 0.158. The number of nitrogens with zero attached hydrogens (tertiary/aromatic N) is 1. The number of hydrogen-bond acceptors (Lipinski definition) is 4. The number of methoxy groups -OCH3 is 1. The number of rotatable bonds is 6. The van der Waals surface area contributed by atoms with Crippen LogP contribution >= 0.6 is 11.3 Å². The normalized spacial score (nSPS) is 10.4. The molecule has 0 radical (unpaired) electrons. The van der Waals surface area contributed by atoms with Crippen molar-refractivity contribution < 1.29 is 9.53 Å². The van der Waals surface area contributed by atoms with Gasteiger partial charge in [-0.25, -0.2) is 4.98 Å². The molecule has 0 atom stereocenters. The molecule has 0 bridgehead atoms. The van der Waals surface area contributed by atoms with E-state index in [2.05, 4.69) is 10.3 Å². The van der Waals surface area contributed by atoms with Crippen molar-refractivity contribution in [1.82, 2.24) is 10.3 Å². The van der Waals surface area contributed by atoms with Gasteiger partial charge in [-0.15, -0.1) is 11.3 Å². The summed E-state index contributed by atoms with van der Waals surface area (Å²) in [6, 6.07) is 17.1. The second kappa shape index (κ2) is 7.75. The van der Waals surface area contributed by atoms with Gasteiger partial charge in [0.25, 0.3) is 5.91 Å². The first-order valence-electron chi connectivity index (χ1n) is 7.68. The molecule has 1 aromatic heterocycles. The molecule has 1 heterocycles. The maximum atomic E-state index is 12.0. The number of benzene rings is 2. The predicted molar refractivity (Wildman–Crippen MR) is 96.6 cm³/mol. The number of nitrogens with one attached hydrogen (secondary N) is 1. The molecule has 0 fully saturated rings. The number of hydrogen-bond donors (Lipinski definition) is 1. The van der Waals surface area contributed by atoms with Crippen molar-refractivity contribution in [3.05, 3.63) is 70.5 Å². The molecule has 0 saturated heterocycles. The molecule has 3 rings (SSSR count). The molecule has 24 heavy (non-hydrogen) atoms. The highest BCUT2D eigenvalue weighted by molar-refractivity contribution is 7.09. The number of aromatic nitrogens is 1. The molecule has 4 nitrogen and oxygen atoms in total. The lowest BCUT2D eigenvalue weighted by Crippen LogP contribution is -2.25. The fourth-order valence-electron chi connectivity index (χ4n) is 2.29. The van der Waals surface area contributed by atoms with Crippen molar-refractivity contribution >= 4 is 17.2 Å². The summed E-state index contributed by atoms with van der Waals surface area (Å²) in [7, 11) is 1.65. The molecule has 1 amide bonds. The van der Waals surface area contributed by atoms with Crippen LogP contribution in [0.15, 0.2) is 60.0 Å². The van der Waals surface area contributed by atoms with E-state index < -0.39 is 0 Å². The molecule has 5 heteroatoms. The molecule has 3 aromatic rings. The van der Waals surface area contributed by atoms with E-state index in [0.29, 0.717) is 12.1 Å². The standard InChI is InChI=1S/C19H18N2O2S/c1-23-16-9-7-14(8-10-16)17-13-24-18(21-17)11-12-20-19(22)15-5-3-2-4-6-15/h2-10,13H,11-12H2,1H3,(H,20,22). The Bertz CT molecular complexity index is 798. The fourth-order valence-corrected chi connectivity index (χ4v) is 3.10. The molecule has 0 aliphatic rings. The molecule has 122 valence electrons. The van der Waals surface area contributed by atoms with Crippen molar-refractivity contribution in [2.24, 2.45) is 0 Å². The molecule has 0 aliphatic carbocycles. The molecular formula is C19H18N2O2S. The molecule has 2 aromatic carbocycles. The second-order valence-electron chi connectivity index (χ2n) is 5.23. The summed E-state index contributed by atoms with van der Waals surface area (Å²) in [6.07, 6.45) is 0.722. The van der Waals surface area contributed by atoms with Gasteiger partial charge in [0.15, 0.2) is 0 Å². The summed E-state index contributed by atoms with van der Waals surface area (Å²) in [5, 5.41) is 5.97. The highest BCUT2D eigenvalue weighted by Crippen LogP contribution is 2.24. The van der Waals surface area contributed by atoms with Gasteiger partial charge in [0.1, 0.15) is 5.75 Å². The topological polar surface area (TPSA) is 51.2 Å². The van der Waals surface area contributed by atoms with Gasteiger partial charge in [-0.2, -0.15) is 0 Å². The third-order valence-corrected chi connectivity index (χ3v) is 4.51. The van der Waals surface area contributed by atoms with Crippen LogP contribution in [0.5, 0.6) is 5.75 Å². The molecule has 0 saturated carbocycles. The van der Waals surface area contributed by atoms with Crippen molar-refractivity contribution in [1.29, 1.82) is 0 Å². The van der Waals surface area contributed by atoms with Gasteiger partial charge in [-0.05, 0) is 36.4 Å². The van der Waals surface area contributed by atoms with Crippen molar-refractivity contribution in [2.75, 3.05) is 13.7 Å². The summed E-state index contributed by atoms with van der Waals surface area (Å²) in [4.78, 5) is 16.6. The largest absolute Gasteiger partial charge is 0.497 e. The predicted octanol–water partition coefficient (Wildman–Crippen LogP) is 3.79. The zero-order valence-corrected chi connectivity index (χ0v) is 14.2. The quantitative estimate of drug-likeness (QED) is 0.744. The van der Waals surface area contributed by atoms with E-state index in [1.165, 1.54) is 0 Å². The minimum absolute atomic E-state index is 0.0532. The maximum absolute atomic E-state index is 12.0. The first kappa shape index (κ1) is 16.2. The molecule has 1 N–H and O–H groups in total. The third-order valence-electron chi connectivity index (χ3n) is 3.60. The monoisotopic (exact) mass is 338 g/mol. The Hall–Kier alpha value is -2.66. The van der Waals surface area contributed by atoms with E-state index in [9.17, 15) is 4.79 Å². The van der Waals surface area contributed by atoms with E-state index >= 15 is 0 Å². The van der Waals surface area contributed by atoms with Gasteiger partial charge < -0.3 is 10.1 Å². The lowest BCUT2D eigenvalue weighted by Gasteiger charge is -2.03. The first-order valence-corrected chi connectivity index (χ1v) is 8.56. The van der Waals surface area contributed by atoms with E-state index in [4.69, 9.17) is 4.74 Å². The van der Waals surface area contributed by atoms with Crippen LogP contribution in [0.2, 0.25) is 0 Å². The Morgan fingerprint density at radius 3 is 2.58 bits per heavy atom. The van der Waals surface area contributed by atoms with Crippen LogP contribution in [0.1, 0.15) is 15.4 Å². The highest BCUT2D eigenvalue weighted by Gasteiger charge is 2.07. The smallest absolute Gasteiger partial charge is 0.251 e. The van der Waals surface area contributed by atoms with Gasteiger partial charge in [0, 0.05) is 29.5 Å². The van der Waals surface area contributed by atoms with Crippen LogP contribution < -0.4 is 10.1 Å². The average molecular weight is 338 g/mol. The summed E-state index contributed by atoms with van der Waals surface area (Å²) in [5.41, 5.74) is 2.69. The Kier molecular flexibility index (Phi) is 5.23. The Morgan fingerprint density at radius 1 is 1.12 bits per heavy atom. The number of amides is 1. The minimum Gasteiger partial charge on any atom is -0.497 e. The van der Waals surface area contributed by atoms with Crippen molar-refractivity contribution in [2.45, 2.75) is 6.42 Å². The van der Waals surface area contributed by atoms with E-state index in [1.807, 2.05) is 47.8 Å². The van der Waals surface area contributed by atoms with E-state index in [1.54, 1.807) is 30.6 Å². The van der Waals surface area contributed by atoms with E-state index in [0.717, 1.165) is 28.4 Å². The minimum atomic E-state index is -0.0532. The van der Waals surface area contributed by atoms with Gasteiger partial charge >= 0.3 is 0 Å². The zero-order valence-electron chi connectivity index (χ0n) is 13.4. The first-order chi connectivity index (χ1) is 11.8.